The minimum absolute atomic E-state index is 0.0267. The van der Waals surface area contributed by atoms with Gasteiger partial charge < -0.3 is 15.7 Å². The first kappa shape index (κ1) is 15.2. The lowest BCUT2D eigenvalue weighted by Crippen LogP contribution is -2.15. The monoisotopic (exact) mass is 357 g/mol. The van der Waals surface area contributed by atoms with E-state index in [0.717, 1.165) is 6.07 Å². The Labute approximate surface area is 127 Å². The first-order valence-corrected chi connectivity index (χ1v) is 6.50. The van der Waals surface area contributed by atoms with Gasteiger partial charge in [-0.1, -0.05) is 21.1 Å². The van der Waals surface area contributed by atoms with Crippen molar-refractivity contribution in [3.05, 3.63) is 57.8 Å². The standard InChI is InChI=1S/C13H10BrF2N3O2/c14-8-4-9(15)12(16)11(5-8)21-6-7-1-2-18-10(3-7)13(17)19-20/h1-5,20H,6H2,(H2,17,19). The Balaban J connectivity index is 2.17. The van der Waals surface area contributed by atoms with E-state index in [1.54, 1.807) is 6.07 Å². The molecule has 0 unspecified atom stereocenters. The van der Waals surface area contributed by atoms with Crippen molar-refractivity contribution in [1.82, 2.24) is 4.98 Å². The second kappa shape index (κ2) is 6.49. The molecule has 2 rings (SSSR count). The van der Waals surface area contributed by atoms with Crippen LogP contribution in [0.5, 0.6) is 5.75 Å². The maximum atomic E-state index is 13.5. The molecule has 0 aliphatic heterocycles. The molecule has 1 aromatic heterocycles. The van der Waals surface area contributed by atoms with E-state index < -0.39 is 11.6 Å². The van der Waals surface area contributed by atoms with Crippen LogP contribution in [-0.4, -0.2) is 16.0 Å². The van der Waals surface area contributed by atoms with Crippen LogP contribution in [0.2, 0.25) is 0 Å². The van der Waals surface area contributed by atoms with Crippen LogP contribution < -0.4 is 10.5 Å². The Kier molecular flexibility index (Phi) is 4.69. The number of halogens is 3. The van der Waals surface area contributed by atoms with Crippen LogP contribution >= 0.6 is 15.9 Å². The van der Waals surface area contributed by atoms with Crippen LogP contribution in [0, 0.1) is 11.6 Å². The van der Waals surface area contributed by atoms with Gasteiger partial charge in [0.05, 0.1) is 0 Å². The maximum absolute atomic E-state index is 13.5. The summed E-state index contributed by atoms with van der Waals surface area (Å²) in [5.74, 6) is -2.45. The quantitative estimate of drug-likeness (QED) is 0.290. The number of pyridine rings is 1. The van der Waals surface area contributed by atoms with E-state index in [-0.39, 0.29) is 23.9 Å². The molecule has 0 radical (unpaired) electrons. The predicted molar refractivity (Wildman–Crippen MR) is 75.1 cm³/mol. The van der Waals surface area contributed by atoms with Gasteiger partial charge in [-0.3, -0.25) is 4.98 Å². The summed E-state index contributed by atoms with van der Waals surface area (Å²) in [5.41, 5.74) is 6.27. The second-order valence-corrected chi connectivity index (χ2v) is 4.94. The first-order valence-electron chi connectivity index (χ1n) is 5.71. The van der Waals surface area contributed by atoms with Gasteiger partial charge >= 0.3 is 0 Å². The predicted octanol–water partition coefficient (Wildman–Crippen LogP) is 2.80. The average molecular weight is 358 g/mol. The van der Waals surface area contributed by atoms with Crippen LogP contribution in [0.3, 0.4) is 0 Å². The van der Waals surface area contributed by atoms with Crippen molar-refractivity contribution in [1.29, 1.82) is 0 Å². The molecule has 0 saturated carbocycles. The SMILES string of the molecule is N/C(=N/O)c1cc(COc2cc(Br)cc(F)c2F)ccn1. The lowest BCUT2D eigenvalue weighted by molar-refractivity contribution is 0.284. The Hall–Kier alpha value is -2.22. The zero-order valence-electron chi connectivity index (χ0n) is 10.6. The van der Waals surface area contributed by atoms with E-state index in [4.69, 9.17) is 15.7 Å². The van der Waals surface area contributed by atoms with E-state index in [2.05, 4.69) is 26.1 Å². The number of nitrogens with two attached hydrogens (primary N) is 1. The Bertz CT molecular complexity index is 695. The number of amidine groups is 1. The third-order valence-electron chi connectivity index (χ3n) is 2.55. The van der Waals surface area contributed by atoms with Crippen molar-refractivity contribution in [2.45, 2.75) is 6.61 Å². The fraction of sp³-hybridized carbons (Fsp3) is 0.0769. The van der Waals surface area contributed by atoms with Crippen LogP contribution in [0.4, 0.5) is 8.78 Å². The van der Waals surface area contributed by atoms with Crippen molar-refractivity contribution in [3.8, 4) is 5.75 Å². The summed E-state index contributed by atoms with van der Waals surface area (Å²) < 4.78 is 32.4. The van der Waals surface area contributed by atoms with Gasteiger partial charge in [0.25, 0.3) is 0 Å². The van der Waals surface area contributed by atoms with E-state index in [9.17, 15) is 8.78 Å². The van der Waals surface area contributed by atoms with Gasteiger partial charge in [-0.2, -0.15) is 4.39 Å². The number of hydrogen-bond donors (Lipinski definition) is 2. The average Bonchev–Trinajstić information content (AvgIpc) is 2.49. The molecule has 1 aromatic carbocycles. The molecule has 2 aromatic rings. The third-order valence-corrected chi connectivity index (χ3v) is 3.01. The van der Waals surface area contributed by atoms with Gasteiger partial charge in [0.2, 0.25) is 5.82 Å². The maximum Gasteiger partial charge on any atom is 0.200 e. The summed E-state index contributed by atoms with van der Waals surface area (Å²) in [6, 6.07) is 5.46. The van der Waals surface area contributed by atoms with Gasteiger partial charge in [0, 0.05) is 10.7 Å². The van der Waals surface area contributed by atoms with Crippen LogP contribution in [-0.2, 0) is 6.61 Å². The molecular weight excluding hydrogens is 348 g/mol. The van der Waals surface area contributed by atoms with Crippen LogP contribution in [0.15, 0.2) is 40.1 Å². The molecule has 5 nitrogen and oxygen atoms in total. The lowest BCUT2D eigenvalue weighted by atomic mass is 10.2. The van der Waals surface area contributed by atoms with E-state index in [0.29, 0.717) is 10.0 Å². The zero-order valence-corrected chi connectivity index (χ0v) is 12.1. The fourth-order valence-electron chi connectivity index (χ4n) is 1.55. The highest BCUT2D eigenvalue weighted by molar-refractivity contribution is 9.10. The summed E-state index contributed by atoms with van der Waals surface area (Å²) in [7, 11) is 0. The first-order chi connectivity index (χ1) is 10.0. The van der Waals surface area contributed by atoms with Crippen molar-refractivity contribution in [3.63, 3.8) is 0 Å². The third kappa shape index (κ3) is 3.66. The fourth-order valence-corrected chi connectivity index (χ4v) is 1.96. The molecule has 8 heteroatoms. The molecular formula is C13H10BrF2N3O2. The number of oxime groups is 1. The highest BCUT2D eigenvalue weighted by Crippen LogP contribution is 2.26. The minimum atomic E-state index is -1.07. The Morgan fingerprint density at radius 3 is 2.86 bits per heavy atom. The molecule has 0 bridgehead atoms. The molecule has 0 atom stereocenters. The molecule has 0 aliphatic carbocycles. The van der Waals surface area contributed by atoms with E-state index in [1.807, 2.05) is 0 Å². The summed E-state index contributed by atoms with van der Waals surface area (Å²) in [4.78, 5) is 3.90. The van der Waals surface area contributed by atoms with Crippen LogP contribution in [0.25, 0.3) is 0 Å². The number of rotatable bonds is 4. The molecule has 0 saturated heterocycles. The molecule has 110 valence electrons. The minimum Gasteiger partial charge on any atom is -0.486 e. The van der Waals surface area contributed by atoms with Crippen molar-refractivity contribution < 1.29 is 18.7 Å². The summed E-state index contributed by atoms with van der Waals surface area (Å²) in [6.45, 7) is -0.0267. The van der Waals surface area contributed by atoms with Gasteiger partial charge in [-0.05, 0) is 29.8 Å². The summed E-state index contributed by atoms with van der Waals surface area (Å²) in [5, 5.41) is 11.4. The summed E-state index contributed by atoms with van der Waals surface area (Å²) >= 11 is 3.06. The molecule has 0 aliphatic rings. The number of benzene rings is 1. The van der Waals surface area contributed by atoms with Crippen molar-refractivity contribution >= 4 is 21.8 Å². The number of nitrogens with zero attached hydrogens (tertiary/aromatic N) is 2. The van der Waals surface area contributed by atoms with Crippen LogP contribution in [0.1, 0.15) is 11.3 Å². The number of ether oxygens (including phenoxy) is 1. The number of aromatic nitrogens is 1. The molecule has 0 amide bonds. The molecule has 0 fully saturated rings. The van der Waals surface area contributed by atoms with Crippen molar-refractivity contribution in [2.24, 2.45) is 10.9 Å². The van der Waals surface area contributed by atoms with Gasteiger partial charge in [-0.25, -0.2) is 4.39 Å². The Morgan fingerprint density at radius 1 is 1.38 bits per heavy atom. The molecule has 1 heterocycles. The Morgan fingerprint density at radius 2 is 2.14 bits per heavy atom. The van der Waals surface area contributed by atoms with Gasteiger partial charge in [0.1, 0.15) is 12.3 Å². The highest BCUT2D eigenvalue weighted by atomic mass is 79.9. The normalized spacial score (nSPS) is 11.5. The number of hydrogen-bond acceptors (Lipinski definition) is 4. The summed E-state index contributed by atoms with van der Waals surface area (Å²) in [6.07, 6.45) is 1.43. The zero-order chi connectivity index (χ0) is 15.4. The molecule has 21 heavy (non-hydrogen) atoms. The van der Waals surface area contributed by atoms with E-state index >= 15 is 0 Å². The topological polar surface area (TPSA) is 80.7 Å². The van der Waals surface area contributed by atoms with Gasteiger partial charge in [0.15, 0.2) is 17.4 Å². The van der Waals surface area contributed by atoms with Crippen molar-refractivity contribution in [2.75, 3.05) is 0 Å². The molecule has 0 spiro atoms. The second-order valence-electron chi connectivity index (χ2n) is 4.02. The largest absolute Gasteiger partial charge is 0.486 e. The van der Waals surface area contributed by atoms with Gasteiger partial charge in [-0.15, -0.1) is 0 Å². The lowest BCUT2D eigenvalue weighted by Gasteiger charge is -2.09. The van der Waals surface area contributed by atoms with E-state index in [1.165, 1.54) is 18.3 Å². The highest BCUT2D eigenvalue weighted by Gasteiger charge is 2.12. The smallest absolute Gasteiger partial charge is 0.200 e. The molecule has 3 N–H and O–H groups in total.